The predicted molar refractivity (Wildman–Crippen MR) is 76.4 cm³/mol. The SMILES string of the molecule is CCCc1cc(NC(C)CN2CCOCC2)ncn1. The molecular weight excluding hydrogens is 240 g/mol. The van der Waals surface area contributed by atoms with Crippen LogP contribution in [0.3, 0.4) is 0 Å². The van der Waals surface area contributed by atoms with Crippen LogP contribution in [0.5, 0.6) is 0 Å². The maximum atomic E-state index is 5.36. The number of anilines is 1. The zero-order chi connectivity index (χ0) is 13.5. The summed E-state index contributed by atoms with van der Waals surface area (Å²) in [6.45, 7) is 9.12. The average Bonchev–Trinajstić information content (AvgIpc) is 2.40. The first-order valence-corrected chi connectivity index (χ1v) is 7.15. The molecule has 2 rings (SSSR count). The molecule has 1 unspecified atom stereocenters. The molecule has 0 amide bonds. The quantitative estimate of drug-likeness (QED) is 0.845. The van der Waals surface area contributed by atoms with Gasteiger partial charge >= 0.3 is 0 Å². The van der Waals surface area contributed by atoms with Crippen LogP contribution in [-0.2, 0) is 11.2 Å². The van der Waals surface area contributed by atoms with E-state index in [4.69, 9.17) is 4.74 Å². The number of aryl methyl sites for hydroxylation is 1. The lowest BCUT2D eigenvalue weighted by Crippen LogP contribution is -2.42. The molecule has 106 valence electrons. The molecular formula is C14H24N4O. The average molecular weight is 264 g/mol. The summed E-state index contributed by atoms with van der Waals surface area (Å²) in [5, 5.41) is 3.45. The molecule has 1 aromatic heterocycles. The number of morpholine rings is 1. The van der Waals surface area contributed by atoms with Crippen LogP contribution in [0.15, 0.2) is 12.4 Å². The normalized spacial score (nSPS) is 18.2. The monoisotopic (exact) mass is 264 g/mol. The summed E-state index contributed by atoms with van der Waals surface area (Å²) in [4.78, 5) is 11.0. The number of aromatic nitrogens is 2. The second-order valence-electron chi connectivity index (χ2n) is 5.10. The molecule has 0 aromatic carbocycles. The Kier molecular flexibility index (Phi) is 5.54. The van der Waals surface area contributed by atoms with E-state index in [-0.39, 0.29) is 0 Å². The van der Waals surface area contributed by atoms with Gasteiger partial charge in [0.1, 0.15) is 12.1 Å². The molecule has 19 heavy (non-hydrogen) atoms. The van der Waals surface area contributed by atoms with Gasteiger partial charge < -0.3 is 10.1 Å². The van der Waals surface area contributed by atoms with Crippen LogP contribution in [-0.4, -0.2) is 53.8 Å². The van der Waals surface area contributed by atoms with Crippen LogP contribution >= 0.6 is 0 Å². The maximum Gasteiger partial charge on any atom is 0.129 e. The zero-order valence-corrected chi connectivity index (χ0v) is 11.9. The third-order valence-electron chi connectivity index (χ3n) is 3.26. The molecule has 2 heterocycles. The Balaban J connectivity index is 1.83. The minimum Gasteiger partial charge on any atom is -0.379 e. The smallest absolute Gasteiger partial charge is 0.129 e. The molecule has 1 N–H and O–H groups in total. The Labute approximate surface area is 115 Å². The minimum absolute atomic E-state index is 0.377. The van der Waals surface area contributed by atoms with E-state index in [0.717, 1.165) is 57.2 Å². The van der Waals surface area contributed by atoms with E-state index in [1.165, 1.54) is 0 Å². The highest BCUT2D eigenvalue weighted by Gasteiger charge is 2.13. The number of hydrogen-bond acceptors (Lipinski definition) is 5. The van der Waals surface area contributed by atoms with Crippen molar-refractivity contribution >= 4 is 5.82 Å². The van der Waals surface area contributed by atoms with Gasteiger partial charge in [-0.2, -0.15) is 0 Å². The van der Waals surface area contributed by atoms with Gasteiger partial charge in [0, 0.05) is 37.4 Å². The standard InChI is InChI=1S/C14H24N4O/c1-3-4-13-9-14(16-11-15-13)17-12(2)10-18-5-7-19-8-6-18/h9,11-12H,3-8,10H2,1-2H3,(H,15,16,17). The summed E-state index contributed by atoms with van der Waals surface area (Å²) in [5.41, 5.74) is 1.11. The van der Waals surface area contributed by atoms with Crippen LogP contribution < -0.4 is 5.32 Å². The van der Waals surface area contributed by atoms with Gasteiger partial charge in [0.25, 0.3) is 0 Å². The number of hydrogen-bond donors (Lipinski definition) is 1. The summed E-state index contributed by atoms with van der Waals surface area (Å²) in [7, 11) is 0. The fourth-order valence-corrected chi connectivity index (χ4v) is 2.34. The fourth-order valence-electron chi connectivity index (χ4n) is 2.34. The summed E-state index contributed by atoms with van der Waals surface area (Å²) in [6, 6.07) is 2.43. The second kappa shape index (κ2) is 7.40. The molecule has 1 aliphatic rings. The van der Waals surface area contributed by atoms with Gasteiger partial charge in [-0.05, 0) is 13.3 Å². The summed E-state index contributed by atoms with van der Waals surface area (Å²) < 4.78 is 5.36. The first-order valence-electron chi connectivity index (χ1n) is 7.15. The maximum absolute atomic E-state index is 5.36. The Morgan fingerprint density at radius 3 is 2.89 bits per heavy atom. The van der Waals surface area contributed by atoms with E-state index in [9.17, 15) is 0 Å². The van der Waals surface area contributed by atoms with Crippen molar-refractivity contribution in [1.29, 1.82) is 0 Å². The molecule has 1 atom stereocenters. The number of nitrogens with zero attached hydrogens (tertiary/aromatic N) is 3. The van der Waals surface area contributed by atoms with E-state index >= 15 is 0 Å². The van der Waals surface area contributed by atoms with Crippen molar-refractivity contribution in [3.05, 3.63) is 18.1 Å². The van der Waals surface area contributed by atoms with Gasteiger partial charge in [-0.3, -0.25) is 4.90 Å². The number of rotatable bonds is 6. The molecule has 1 fully saturated rings. The van der Waals surface area contributed by atoms with E-state index in [1.807, 2.05) is 0 Å². The summed E-state index contributed by atoms with van der Waals surface area (Å²) >= 11 is 0. The lowest BCUT2D eigenvalue weighted by Gasteiger charge is -2.29. The van der Waals surface area contributed by atoms with Crippen LogP contribution in [0, 0.1) is 0 Å². The lowest BCUT2D eigenvalue weighted by atomic mass is 10.2. The number of nitrogens with one attached hydrogen (secondary N) is 1. The zero-order valence-electron chi connectivity index (χ0n) is 11.9. The first kappa shape index (κ1) is 14.2. The molecule has 5 heteroatoms. The highest BCUT2D eigenvalue weighted by molar-refractivity contribution is 5.35. The number of ether oxygens (including phenoxy) is 1. The largest absolute Gasteiger partial charge is 0.379 e. The molecule has 0 bridgehead atoms. The minimum atomic E-state index is 0.377. The van der Waals surface area contributed by atoms with Crippen molar-refractivity contribution in [2.24, 2.45) is 0 Å². The van der Waals surface area contributed by atoms with Crippen LogP contribution in [0.25, 0.3) is 0 Å². The first-order chi connectivity index (χ1) is 9.28. The van der Waals surface area contributed by atoms with E-state index in [2.05, 4.69) is 40.1 Å². The Hall–Kier alpha value is -1.20. The fraction of sp³-hybridized carbons (Fsp3) is 0.714. The van der Waals surface area contributed by atoms with E-state index in [0.29, 0.717) is 6.04 Å². The Morgan fingerprint density at radius 2 is 2.16 bits per heavy atom. The van der Waals surface area contributed by atoms with Gasteiger partial charge in [0.2, 0.25) is 0 Å². The topological polar surface area (TPSA) is 50.3 Å². The lowest BCUT2D eigenvalue weighted by molar-refractivity contribution is 0.0368. The molecule has 0 spiro atoms. The molecule has 1 saturated heterocycles. The summed E-state index contributed by atoms with van der Waals surface area (Å²) in [5.74, 6) is 0.930. The Morgan fingerprint density at radius 1 is 1.37 bits per heavy atom. The van der Waals surface area contributed by atoms with Crippen molar-refractivity contribution in [2.45, 2.75) is 32.7 Å². The van der Waals surface area contributed by atoms with Crippen LogP contribution in [0.2, 0.25) is 0 Å². The van der Waals surface area contributed by atoms with Gasteiger partial charge in [-0.15, -0.1) is 0 Å². The van der Waals surface area contributed by atoms with Crippen molar-refractivity contribution in [3.8, 4) is 0 Å². The predicted octanol–water partition coefficient (Wildman–Crippen LogP) is 1.56. The third kappa shape index (κ3) is 4.76. The van der Waals surface area contributed by atoms with E-state index in [1.54, 1.807) is 6.33 Å². The van der Waals surface area contributed by atoms with Crippen molar-refractivity contribution in [1.82, 2.24) is 14.9 Å². The third-order valence-corrected chi connectivity index (χ3v) is 3.26. The van der Waals surface area contributed by atoms with Crippen LogP contribution in [0.4, 0.5) is 5.82 Å². The van der Waals surface area contributed by atoms with E-state index < -0.39 is 0 Å². The second-order valence-corrected chi connectivity index (χ2v) is 5.10. The van der Waals surface area contributed by atoms with Gasteiger partial charge in [-0.1, -0.05) is 13.3 Å². The highest BCUT2D eigenvalue weighted by Crippen LogP contribution is 2.08. The van der Waals surface area contributed by atoms with Crippen molar-refractivity contribution < 1.29 is 4.74 Å². The molecule has 0 saturated carbocycles. The highest BCUT2D eigenvalue weighted by atomic mass is 16.5. The van der Waals surface area contributed by atoms with Crippen molar-refractivity contribution in [2.75, 3.05) is 38.2 Å². The van der Waals surface area contributed by atoms with Gasteiger partial charge in [0.05, 0.1) is 13.2 Å². The molecule has 1 aromatic rings. The Bertz CT molecular complexity index is 379. The van der Waals surface area contributed by atoms with Gasteiger partial charge in [0.15, 0.2) is 0 Å². The molecule has 1 aliphatic heterocycles. The van der Waals surface area contributed by atoms with Crippen molar-refractivity contribution in [3.63, 3.8) is 0 Å². The van der Waals surface area contributed by atoms with Crippen LogP contribution in [0.1, 0.15) is 26.0 Å². The molecule has 0 radical (unpaired) electrons. The molecule has 0 aliphatic carbocycles. The van der Waals surface area contributed by atoms with Gasteiger partial charge in [-0.25, -0.2) is 9.97 Å². The molecule has 5 nitrogen and oxygen atoms in total. The summed E-state index contributed by atoms with van der Waals surface area (Å²) in [6.07, 6.45) is 3.77.